The molecule has 1 aromatic heterocycles. The summed E-state index contributed by atoms with van der Waals surface area (Å²) in [6, 6.07) is 3.32. The maximum atomic E-state index is 11.5. The Bertz CT molecular complexity index is 340. The molecule has 0 saturated heterocycles. The summed E-state index contributed by atoms with van der Waals surface area (Å²) >= 11 is 1.22. The zero-order valence-electron chi connectivity index (χ0n) is 7.57. The second kappa shape index (κ2) is 4.21. The number of hydrogen-bond donors (Lipinski definition) is 1. The smallest absolute Gasteiger partial charge is 0.210 e. The van der Waals surface area contributed by atoms with Gasteiger partial charge in [-0.1, -0.05) is 19.9 Å². The first-order valence-corrected chi connectivity index (χ1v) is 6.21. The van der Waals surface area contributed by atoms with Gasteiger partial charge in [-0.15, -0.1) is 11.3 Å². The Morgan fingerprint density at radius 1 is 1.54 bits per heavy atom. The molecule has 1 N–H and O–H groups in total. The van der Waals surface area contributed by atoms with Crippen molar-refractivity contribution >= 4 is 21.4 Å². The molecule has 1 rings (SSSR count). The molecule has 0 fully saturated rings. The summed E-state index contributed by atoms with van der Waals surface area (Å²) in [5.74, 6) is 1.04. The van der Waals surface area contributed by atoms with Crippen molar-refractivity contribution in [3.8, 4) is 0 Å². The van der Waals surface area contributed by atoms with Gasteiger partial charge < -0.3 is 0 Å². The molecule has 3 nitrogen and oxygen atoms in total. The topological polar surface area (TPSA) is 46.2 Å². The molecule has 0 saturated carbocycles. The first-order chi connectivity index (χ1) is 6.02. The highest BCUT2D eigenvalue weighted by Crippen LogP contribution is 2.15. The lowest BCUT2D eigenvalue weighted by Gasteiger charge is -2.05. The van der Waals surface area contributed by atoms with E-state index < -0.39 is 10.0 Å². The van der Waals surface area contributed by atoms with Crippen LogP contribution in [0.3, 0.4) is 0 Å². The van der Waals surface area contributed by atoms with Crippen LogP contribution in [0.2, 0.25) is 0 Å². The Morgan fingerprint density at radius 2 is 2.23 bits per heavy atom. The molecule has 0 spiro atoms. The standard InChI is InChI=1S/C8H12NO2S2/c1-7(2)6-9-13(10,11)8-4-3-5-12-8/h3-5,9H,6H2,1-2H3. The van der Waals surface area contributed by atoms with E-state index in [1.165, 1.54) is 11.3 Å². The first kappa shape index (κ1) is 10.7. The van der Waals surface area contributed by atoms with E-state index in [2.05, 4.69) is 4.72 Å². The highest BCUT2D eigenvalue weighted by molar-refractivity contribution is 7.91. The van der Waals surface area contributed by atoms with Crippen LogP contribution in [0.1, 0.15) is 13.8 Å². The molecular formula is C8H12NO2S2. The number of sulfonamides is 1. The largest absolute Gasteiger partial charge is 0.250 e. The lowest BCUT2D eigenvalue weighted by Crippen LogP contribution is -2.26. The third kappa shape index (κ3) is 3.10. The van der Waals surface area contributed by atoms with Crippen LogP contribution in [0.5, 0.6) is 0 Å². The van der Waals surface area contributed by atoms with Crippen LogP contribution in [-0.4, -0.2) is 15.0 Å². The summed E-state index contributed by atoms with van der Waals surface area (Å²) in [7, 11) is -3.26. The summed E-state index contributed by atoms with van der Waals surface area (Å²) in [5.41, 5.74) is 0. The molecule has 13 heavy (non-hydrogen) atoms. The van der Waals surface area contributed by atoms with Crippen molar-refractivity contribution in [1.82, 2.24) is 4.72 Å². The highest BCUT2D eigenvalue weighted by Gasteiger charge is 2.14. The van der Waals surface area contributed by atoms with Gasteiger partial charge in [0.15, 0.2) is 0 Å². The quantitative estimate of drug-likeness (QED) is 0.835. The number of nitrogens with one attached hydrogen (secondary N) is 1. The van der Waals surface area contributed by atoms with E-state index in [9.17, 15) is 8.42 Å². The van der Waals surface area contributed by atoms with Gasteiger partial charge in [0.05, 0.1) is 0 Å². The van der Waals surface area contributed by atoms with Crippen molar-refractivity contribution in [2.45, 2.75) is 18.1 Å². The monoisotopic (exact) mass is 218 g/mol. The normalized spacial score (nSPS) is 12.2. The van der Waals surface area contributed by atoms with Crippen LogP contribution in [-0.2, 0) is 10.0 Å². The zero-order chi connectivity index (χ0) is 9.90. The lowest BCUT2D eigenvalue weighted by atomic mass is 10.2. The SMILES string of the molecule is C[C](C)CNS(=O)(=O)c1cccs1. The maximum Gasteiger partial charge on any atom is 0.250 e. The summed E-state index contributed by atoms with van der Waals surface area (Å²) in [6.45, 7) is 4.17. The van der Waals surface area contributed by atoms with Crippen molar-refractivity contribution < 1.29 is 8.42 Å². The molecular weight excluding hydrogens is 206 g/mol. The van der Waals surface area contributed by atoms with Crippen LogP contribution >= 0.6 is 11.3 Å². The van der Waals surface area contributed by atoms with Gasteiger partial charge >= 0.3 is 0 Å². The van der Waals surface area contributed by atoms with Gasteiger partial charge in [0.1, 0.15) is 4.21 Å². The van der Waals surface area contributed by atoms with Gasteiger partial charge in [-0.3, -0.25) is 0 Å². The minimum absolute atomic E-state index is 0.369. The maximum absolute atomic E-state index is 11.5. The minimum Gasteiger partial charge on any atom is -0.210 e. The van der Waals surface area contributed by atoms with Crippen LogP contribution in [0.15, 0.2) is 21.7 Å². The van der Waals surface area contributed by atoms with Crippen LogP contribution in [0.25, 0.3) is 0 Å². The lowest BCUT2D eigenvalue weighted by molar-refractivity contribution is 0.584. The van der Waals surface area contributed by atoms with Gasteiger partial charge in [0, 0.05) is 6.54 Å². The van der Waals surface area contributed by atoms with Crippen molar-refractivity contribution in [3.05, 3.63) is 23.4 Å². The Hall–Kier alpha value is -0.390. The molecule has 0 aromatic carbocycles. The van der Waals surface area contributed by atoms with E-state index in [0.717, 1.165) is 5.92 Å². The molecule has 73 valence electrons. The third-order valence-electron chi connectivity index (χ3n) is 1.38. The van der Waals surface area contributed by atoms with Crippen LogP contribution in [0.4, 0.5) is 0 Å². The molecule has 1 aromatic rings. The van der Waals surface area contributed by atoms with Gasteiger partial charge in [-0.05, 0) is 17.4 Å². The summed E-state index contributed by atoms with van der Waals surface area (Å²) in [6.07, 6.45) is 0. The van der Waals surface area contributed by atoms with E-state index in [0.29, 0.717) is 10.8 Å². The van der Waals surface area contributed by atoms with Gasteiger partial charge in [0.25, 0.3) is 0 Å². The molecule has 0 amide bonds. The fraction of sp³-hybridized carbons (Fsp3) is 0.375. The van der Waals surface area contributed by atoms with Gasteiger partial charge in [0.2, 0.25) is 10.0 Å². The molecule has 0 aliphatic heterocycles. The Labute approximate surface area is 82.8 Å². The average molecular weight is 218 g/mol. The van der Waals surface area contributed by atoms with Crippen LogP contribution < -0.4 is 4.72 Å². The fourth-order valence-electron chi connectivity index (χ4n) is 0.727. The Kier molecular flexibility index (Phi) is 3.47. The first-order valence-electron chi connectivity index (χ1n) is 3.84. The van der Waals surface area contributed by atoms with E-state index in [1.54, 1.807) is 17.5 Å². The van der Waals surface area contributed by atoms with E-state index in [-0.39, 0.29) is 0 Å². The molecule has 0 aliphatic carbocycles. The molecule has 1 heterocycles. The Balaban J connectivity index is 2.68. The fourth-order valence-corrected chi connectivity index (χ4v) is 2.90. The highest BCUT2D eigenvalue weighted by atomic mass is 32.2. The number of thiophene rings is 1. The second-order valence-corrected chi connectivity index (χ2v) is 5.91. The third-order valence-corrected chi connectivity index (χ3v) is 4.17. The second-order valence-electron chi connectivity index (χ2n) is 2.96. The Morgan fingerprint density at radius 3 is 2.69 bits per heavy atom. The molecule has 0 unspecified atom stereocenters. The zero-order valence-corrected chi connectivity index (χ0v) is 9.21. The van der Waals surface area contributed by atoms with Crippen molar-refractivity contribution in [1.29, 1.82) is 0 Å². The number of hydrogen-bond acceptors (Lipinski definition) is 3. The predicted octanol–water partition coefficient (Wildman–Crippen LogP) is 1.64. The van der Waals surface area contributed by atoms with Crippen LogP contribution in [0, 0.1) is 5.92 Å². The van der Waals surface area contributed by atoms with Gasteiger partial charge in [-0.2, -0.15) is 0 Å². The average Bonchev–Trinajstić information content (AvgIpc) is 2.53. The van der Waals surface area contributed by atoms with Crippen molar-refractivity contribution in [2.24, 2.45) is 0 Å². The number of rotatable bonds is 4. The molecule has 1 radical (unpaired) electrons. The minimum atomic E-state index is -3.26. The van der Waals surface area contributed by atoms with E-state index in [1.807, 2.05) is 13.8 Å². The molecule has 5 heteroatoms. The van der Waals surface area contributed by atoms with Crippen molar-refractivity contribution in [2.75, 3.05) is 6.54 Å². The molecule has 0 atom stereocenters. The van der Waals surface area contributed by atoms with Gasteiger partial charge in [-0.25, -0.2) is 13.1 Å². The summed E-state index contributed by atoms with van der Waals surface area (Å²) in [5, 5.41) is 1.75. The molecule has 0 aliphatic rings. The summed E-state index contributed by atoms with van der Waals surface area (Å²) in [4.78, 5) is 0. The predicted molar refractivity (Wildman–Crippen MR) is 54.1 cm³/mol. The van der Waals surface area contributed by atoms with Crippen molar-refractivity contribution in [3.63, 3.8) is 0 Å². The molecule has 0 bridgehead atoms. The van der Waals surface area contributed by atoms with E-state index >= 15 is 0 Å². The van der Waals surface area contributed by atoms with E-state index in [4.69, 9.17) is 0 Å². The summed E-state index contributed by atoms with van der Waals surface area (Å²) < 4.78 is 25.8.